The summed E-state index contributed by atoms with van der Waals surface area (Å²) in [5.74, 6) is 1.92. The number of methoxy groups -OCH3 is 1. The number of hydrogen-bond acceptors (Lipinski definition) is 4. The number of imidazole rings is 1. The molecule has 1 aliphatic rings. The van der Waals surface area contributed by atoms with Gasteiger partial charge in [0.1, 0.15) is 18.0 Å². The first-order valence-electron chi connectivity index (χ1n) is 8.59. The molecule has 0 amide bonds. The van der Waals surface area contributed by atoms with E-state index in [1.165, 1.54) is 12.8 Å². The highest BCUT2D eigenvalue weighted by Gasteiger charge is 2.25. The summed E-state index contributed by atoms with van der Waals surface area (Å²) in [5.41, 5.74) is 0. The van der Waals surface area contributed by atoms with Gasteiger partial charge >= 0.3 is 0 Å². The van der Waals surface area contributed by atoms with E-state index in [9.17, 15) is 0 Å². The summed E-state index contributed by atoms with van der Waals surface area (Å²) in [6, 6.07) is 18.5. The van der Waals surface area contributed by atoms with E-state index in [-0.39, 0.29) is 0 Å². The van der Waals surface area contributed by atoms with Crippen LogP contribution in [-0.4, -0.2) is 40.8 Å². The first-order valence-corrected chi connectivity index (χ1v) is 8.59. The van der Waals surface area contributed by atoms with Crippen molar-refractivity contribution in [3.8, 4) is 5.82 Å². The molecule has 3 heterocycles. The molecule has 130 valence electrons. The first-order chi connectivity index (χ1) is 12.4. The van der Waals surface area contributed by atoms with Crippen molar-refractivity contribution in [1.29, 1.82) is 0 Å². The van der Waals surface area contributed by atoms with Crippen LogP contribution in [-0.2, 0) is 4.74 Å². The second kappa shape index (κ2) is 8.99. The van der Waals surface area contributed by atoms with Crippen molar-refractivity contribution in [2.45, 2.75) is 18.9 Å². The largest absolute Gasteiger partial charge is 0.383 e. The number of aromatic nitrogens is 3. The van der Waals surface area contributed by atoms with Crippen molar-refractivity contribution < 1.29 is 4.74 Å². The minimum atomic E-state index is 0.440. The van der Waals surface area contributed by atoms with Gasteiger partial charge in [0.05, 0.1) is 12.6 Å². The zero-order valence-corrected chi connectivity index (χ0v) is 14.5. The smallest absolute Gasteiger partial charge is 0.140 e. The lowest BCUT2D eigenvalue weighted by Crippen LogP contribution is -2.33. The molecule has 5 nitrogen and oxygen atoms in total. The topological polar surface area (TPSA) is 43.2 Å². The molecular formula is C20H24N4O. The van der Waals surface area contributed by atoms with Crippen LogP contribution in [0.4, 0.5) is 5.82 Å². The Morgan fingerprint density at radius 3 is 2.40 bits per heavy atom. The van der Waals surface area contributed by atoms with Gasteiger partial charge in [0.2, 0.25) is 0 Å². The van der Waals surface area contributed by atoms with Gasteiger partial charge in [-0.25, -0.2) is 9.97 Å². The summed E-state index contributed by atoms with van der Waals surface area (Å²) in [5, 5.41) is 0. The zero-order valence-electron chi connectivity index (χ0n) is 14.5. The summed E-state index contributed by atoms with van der Waals surface area (Å²) >= 11 is 0. The Kier molecular flexibility index (Phi) is 6.17. The van der Waals surface area contributed by atoms with Gasteiger partial charge in [-0.2, -0.15) is 0 Å². The Morgan fingerprint density at radius 2 is 1.76 bits per heavy atom. The Bertz CT molecular complexity index is 704. The van der Waals surface area contributed by atoms with Gasteiger partial charge in [0.25, 0.3) is 0 Å². The van der Waals surface area contributed by atoms with Crippen LogP contribution < -0.4 is 4.90 Å². The number of ether oxygens (including phenoxy) is 1. The summed E-state index contributed by atoms with van der Waals surface area (Å²) in [4.78, 5) is 11.1. The maximum absolute atomic E-state index is 5.30. The number of rotatable bonds is 4. The highest BCUT2D eigenvalue weighted by molar-refractivity contribution is 5.44. The molecule has 1 aliphatic heterocycles. The first kappa shape index (κ1) is 17.2. The predicted octanol–water partition coefficient (Wildman–Crippen LogP) is 3.57. The van der Waals surface area contributed by atoms with E-state index in [0.717, 1.165) is 24.8 Å². The third kappa shape index (κ3) is 4.67. The van der Waals surface area contributed by atoms with Gasteiger partial charge in [-0.1, -0.05) is 42.5 Å². The van der Waals surface area contributed by atoms with Gasteiger partial charge in [-0.3, -0.25) is 4.57 Å². The van der Waals surface area contributed by atoms with Crippen LogP contribution in [0.3, 0.4) is 0 Å². The van der Waals surface area contributed by atoms with Gasteiger partial charge < -0.3 is 9.64 Å². The third-order valence-corrected chi connectivity index (χ3v) is 4.19. The molecule has 5 heteroatoms. The number of nitrogens with zero attached hydrogens (tertiary/aromatic N) is 4. The van der Waals surface area contributed by atoms with Crippen LogP contribution in [0.15, 0.2) is 73.3 Å². The average molecular weight is 336 g/mol. The van der Waals surface area contributed by atoms with E-state index in [1.807, 2.05) is 59.3 Å². The molecule has 1 unspecified atom stereocenters. The highest BCUT2D eigenvalue weighted by atomic mass is 16.5. The van der Waals surface area contributed by atoms with Crippen molar-refractivity contribution in [3.05, 3.63) is 73.3 Å². The molecular weight excluding hydrogens is 312 g/mol. The normalized spacial score (nSPS) is 16.4. The van der Waals surface area contributed by atoms with Crippen molar-refractivity contribution in [2.75, 3.05) is 25.2 Å². The molecule has 0 bridgehead atoms. The Morgan fingerprint density at radius 1 is 1.04 bits per heavy atom. The lowest BCUT2D eigenvalue weighted by atomic mass is 10.2. The van der Waals surface area contributed by atoms with Crippen molar-refractivity contribution >= 4 is 5.82 Å². The molecule has 1 fully saturated rings. The summed E-state index contributed by atoms with van der Waals surface area (Å²) in [7, 11) is 1.76. The molecule has 1 aromatic carbocycles. The molecule has 3 aromatic rings. The predicted molar refractivity (Wildman–Crippen MR) is 100 cm³/mol. The number of pyridine rings is 1. The molecule has 1 atom stereocenters. The Balaban J connectivity index is 0.000000258. The van der Waals surface area contributed by atoms with Crippen LogP contribution in [0.25, 0.3) is 5.82 Å². The quantitative estimate of drug-likeness (QED) is 0.730. The van der Waals surface area contributed by atoms with Crippen molar-refractivity contribution in [3.63, 3.8) is 0 Å². The minimum absolute atomic E-state index is 0.440. The summed E-state index contributed by atoms with van der Waals surface area (Å²) < 4.78 is 7.22. The second-order valence-corrected chi connectivity index (χ2v) is 5.92. The van der Waals surface area contributed by atoms with Gasteiger partial charge in [-0.05, 0) is 25.0 Å². The maximum atomic E-state index is 5.30. The molecule has 0 N–H and O–H groups in total. The third-order valence-electron chi connectivity index (χ3n) is 4.19. The van der Waals surface area contributed by atoms with E-state index in [2.05, 4.69) is 16.0 Å². The van der Waals surface area contributed by atoms with E-state index < -0.39 is 0 Å². The van der Waals surface area contributed by atoms with E-state index in [0.29, 0.717) is 6.04 Å². The lowest BCUT2D eigenvalue weighted by molar-refractivity contribution is 0.180. The van der Waals surface area contributed by atoms with Crippen molar-refractivity contribution in [1.82, 2.24) is 14.5 Å². The van der Waals surface area contributed by atoms with Crippen molar-refractivity contribution in [2.24, 2.45) is 0 Å². The van der Waals surface area contributed by atoms with Gasteiger partial charge in [0.15, 0.2) is 0 Å². The van der Waals surface area contributed by atoms with Gasteiger partial charge in [-0.15, -0.1) is 0 Å². The SMILES string of the molecule is COCC1CCCN1c1cccc(-n2ccnc2)n1.c1ccccc1. The van der Waals surface area contributed by atoms with E-state index >= 15 is 0 Å². The fourth-order valence-electron chi connectivity index (χ4n) is 3.00. The van der Waals surface area contributed by atoms with Crippen LogP contribution in [0.2, 0.25) is 0 Å². The molecule has 2 aromatic heterocycles. The van der Waals surface area contributed by atoms with Gasteiger partial charge in [0, 0.05) is 26.0 Å². The molecule has 1 saturated heterocycles. The maximum Gasteiger partial charge on any atom is 0.140 e. The second-order valence-electron chi connectivity index (χ2n) is 5.92. The van der Waals surface area contributed by atoms with Crippen LogP contribution in [0, 0.1) is 0 Å². The summed E-state index contributed by atoms with van der Waals surface area (Å²) in [6.45, 7) is 1.81. The van der Waals surface area contributed by atoms with E-state index in [4.69, 9.17) is 9.72 Å². The monoisotopic (exact) mass is 336 g/mol. The standard InChI is InChI=1S/C14H18N4O.C6H6/c1-19-10-12-4-3-8-18(12)14-6-2-5-13(16-14)17-9-7-15-11-17;1-2-4-6-5-3-1/h2,5-7,9,11-12H,3-4,8,10H2,1H3;1-6H. The fourth-order valence-corrected chi connectivity index (χ4v) is 3.00. The lowest BCUT2D eigenvalue weighted by Gasteiger charge is -2.25. The minimum Gasteiger partial charge on any atom is -0.383 e. The van der Waals surface area contributed by atoms with Crippen LogP contribution in [0.5, 0.6) is 0 Å². The molecule has 0 radical (unpaired) electrons. The molecule has 0 saturated carbocycles. The molecule has 0 spiro atoms. The highest BCUT2D eigenvalue weighted by Crippen LogP contribution is 2.24. The average Bonchev–Trinajstić information content (AvgIpc) is 3.36. The number of hydrogen-bond donors (Lipinski definition) is 0. The van der Waals surface area contributed by atoms with E-state index in [1.54, 1.807) is 19.6 Å². The zero-order chi connectivity index (χ0) is 17.3. The Hall–Kier alpha value is -2.66. The van der Waals surface area contributed by atoms with Crippen LogP contribution >= 0.6 is 0 Å². The number of anilines is 1. The molecule has 4 rings (SSSR count). The summed E-state index contributed by atoms with van der Waals surface area (Å²) in [6.07, 6.45) is 7.80. The molecule has 25 heavy (non-hydrogen) atoms. The molecule has 0 aliphatic carbocycles. The number of benzene rings is 1. The fraction of sp³-hybridized carbons (Fsp3) is 0.300. The van der Waals surface area contributed by atoms with Crippen LogP contribution in [0.1, 0.15) is 12.8 Å². The Labute approximate surface area is 148 Å².